The molecule has 1 rings (SSSR count). The minimum atomic E-state index is -0.349. The Morgan fingerprint density at radius 1 is 1.47 bits per heavy atom. The molecule has 0 fully saturated rings. The van der Waals surface area contributed by atoms with Gasteiger partial charge < -0.3 is 5.73 Å². The van der Waals surface area contributed by atoms with E-state index in [2.05, 4.69) is 6.92 Å². The first-order valence-corrected chi connectivity index (χ1v) is 6.11. The molecule has 0 saturated heterocycles. The molecule has 0 aromatic carbocycles. The summed E-state index contributed by atoms with van der Waals surface area (Å²) < 4.78 is 0. The third-order valence-corrected chi connectivity index (χ3v) is 3.26. The molecule has 0 radical (unpaired) electrons. The van der Waals surface area contributed by atoms with Crippen molar-refractivity contribution in [3.63, 3.8) is 0 Å². The quantitative estimate of drug-likeness (QED) is 0.800. The molecule has 0 spiro atoms. The van der Waals surface area contributed by atoms with Crippen LogP contribution in [-0.4, -0.2) is 5.78 Å². The van der Waals surface area contributed by atoms with Gasteiger partial charge in [0.25, 0.3) is 0 Å². The first-order valence-electron chi connectivity index (χ1n) is 5.29. The van der Waals surface area contributed by atoms with Crippen LogP contribution >= 0.6 is 11.3 Å². The van der Waals surface area contributed by atoms with E-state index < -0.39 is 0 Å². The molecule has 1 heterocycles. The van der Waals surface area contributed by atoms with Gasteiger partial charge in [0, 0.05) is 10.3 Å². The molecule has 0 aliphatic carbocycles. The van der Waals surface area contributed by atoms with Gasteiger partial charge in [0.15, 0.2) is 5.78 Å². The smallest absolute Gasteiger partial charge is 0.171 e. The Kier molecular flexibility index (Phi) is 3.55. The number of hydrogen-bond acceptors (Lipinski definition) is 3. The van der Waals surface area contributed by atoms with Crippen LogP contribution in [0.1, 0.15) is 49.4 Å². The molecule has 0 amide bonds. The standard InChI is InChI=1S/C12H19NOS/c1-5-6-8-7-9(11(13)15-8)10(14)12(2,3)4/h7H,5-6,13H2,1-4H3. The maximum absolute atomic E-state index is 12.0. The number of nitrogen functional groups attached to an aromatic ring is 1. The molecule has 0 aliphatic rings. The highest BCUT2D eigenvalue weighted by atomic mass is 32.1. The van der Waals surface area contributed by atoms with Crippen LogP contribution in [0.4, 0.5) is 5.00 Å². The van der Waals surface area contributed by atoms with E-state index in [0.717, 1.165) is 12.8 Å². The molecular formula is C12H19NOS. The lowest BCUT2D eigenvalue weighted by molar-refractivity contribution is 0.0859. The lowest BCUT2D eigenvalue weighted by Crippen LogP contribution is -2.20. The average molecular weight is 225 g/mol. The van der Waals surface area contributed by atoms with Crippen molar-refractivity contribution in [2.45, 2.75) is 40.5 Å². The minimum Gasteiger partial charge on any atom is -0.390 e. The Morgan fingerprint density at radius 3 is 2.53 bits per heavy atom. The number of Topliss-reactive ketones (excluding diaryl/α,β-unsaturated/α-hetero) is 1. The van der Waals surface area contributed by atoms with Gasteiger partial charge in [0.2, 0.25) is 0 Å². The van der Waals surface area contributed by atoms with Gasteiger partial charge in [0.1, 0.15) is 0 Å². The third kappa shape index (κ3) is 2.81. The fourth-order valence-electron chi connectivity index (χ4n) is 1.41. The molecule has 2 N–H and O–H groups in total. The summed E-state index contributed by atoms with van der Waals surface area (Å²) in [6, 6.07) is 1.96. The van der Waals surface area contributed by atoms with Crippen molar-refractivity contribution in [2.24, 2.45) is 5.41 Å². The van der Waals surface area contributed by atoms with Crippen LogP contribution in [-0.2, 0) is 6.42 Å². The van der Waals surface area contributed by atoms with Gasteiger partial charge >= 0.3 is 0 Å². The molecule has 0 atom stereocenters. The molecule has 1 aromatic rings. The minimum absolute atomic E-state index is 0.138. The number of carbonyl (C=O) groups excluding carboxylic acids is 1. The fourth-order valence-corrected chi connectivity index (χ4v) is 2.44. The van der Waals surface area contributed by atoms with Crippen LogP contribution < -0.4 is 5.73 Å². The number of nitrogens with two attached hydrogens (primary N) is 1. The van der Waals surface area contributed by atoms with Crippen molar-refractivity contribution < 1.29 is 4.79 Å². The van der Waals surface area contributed by atoms with Crippen molar-refractivity contribution in [1.29, 1.82) is 0 Å². The lowest BCUT2D eigenvalue weighted by Gasteiger charge is -2.15. The largest absolute Gasteiger partial charge is 0.390 e. The fraction of sp³-hybridized carbons (Fsp3) is 0.583. The van der Waals surface area contributed by atoms with Crippen molar-refractivity contribution in [1.82, 2.24) is 0 Å². The highest BCUT2D eigenvalue weighted by Crippen LogP contribution is 2.31. The molecule has 1 aromatic heterocycles. The van der Waals surface area contributed by atoms with Crippen LogP contribution in [0, 0.1) is 5.41 Å². The zero-order chi connectivity index (χ0) is 11.6. The first-order chi connectivity index (χ1) is 6.86. The zero-order valence-corrected chi connectivity index (χ0v) is 10.7. The predicted molar refractivity (Wildman–Crippen MR) is 66.5 cm³/mol. The number of anilines is 1. The summed E-state index contributed by atoms with van der Waals surface area (Å²) in [5.41, 5.74) is 6.22. The molecule has 3 heteroatoms. The van der Waals surface area contributed by atoms with Crippen LogP contribution in [0.5, 0.6) is 0 Å². The van der Waals surface area contributed by atoms with E-state index in [4.69, 9.17) is 5.73 Å². The van der Waals surface area contributed by atoms with E-state index in [9.17, 15) is 4.79 Å². The van der Waals surface area contributed by atoms with Gasteiger partial charge in [-0.3, -0.25) is 4.79 Å². The highest BCUT2D eigenvalue weighted by molar-refractivity contribution is 7.16. The highest BCUT2D eigenvalue weighted by Gasteiger charge is 2.25. The number of aryl methyl sites for hydroxylation is 1. The number of rotatable bonds is 3. The van der Waals surface area contributed by atoms with Crippen LogP contribution in [0.15, 0.2) is 6.07 Å². The first kappa shape index (κ1) is 12.2. The second-order valence-corrected chi connectivity index (χ2v) is 5.99. The second-order valence-electron chi connectivity index (χ2n) is 4.82. The summed E-state index contributed by atoms with van der Waals surface area (Å²) in [5.74, 6) is 0.138. The summed E-state index contributed by atoms with van der Waals surface area (Å²) in [5, 5.41) is 0.665. The number of hydrogen-bond donors (Lipinski definition) is 1. The monoisotopic (exact) mass is 225 g/mol. The molecule has 0 saturated carbocycles. The van der Waals surface area contributed by atoms with E-state index in [0.29, 0.717) is 10.6 Å². The third-order valence-electron chi connectivity index (χ3n) is 2.23. The molecule has 84 valence electrons. The topological polar surface area (TPSA) is 43.1 Å². The van der Waals surface area contributed by atoms with Crippen molar-refractivity contribution in [3.8, 4) is 0 Å². The van der Waals surface area contributed by atoms with E-state index in [-0.39, 0.29) is 11.2 Å². The van der Waals surface area contributed by atoms with Gasteiger partial charge in [-0.15, -0.1) is 11.3 Å². The number of ketones is 1. The van der Waals surface area contributed by atoms with Crippen LogP contribution in [0.2, 0.25) is 0 Å². The lowest BCUT2D eigenvalue weighted by atomic mass is 9.87. The molecule has 15 heavy (non-hydrogen) atoms. The zero-order valence-electron chi connectivity index (χ0n) is 9.89. The van der Waals surface area contributed by atoms with Gasteiger partial charge in [-0.1, -0.05) is 34.1 Å². The Bertz CT molecular complexity index is 360. The average Bonchev–Trinajstić information content (AvgIpc) is 2.44. The van der Waals surface area contributed by atoms with Crippen molar-refractivity contribution in [2.75, 3.05) is 5.73 Å². The van der Waals surface area contributed by atoms with Crippen molar-refractivity contribution in [3.05, 3.63) is 16.5 Å². The van der Waals surface area contributed by atoms with Crippen molar-refractivity contribution >= 4 is 22.1 Å². The summed E-state index contributed by atoms with van der Waals surface area (Å²) in [4.78, 5) is 13.2. The normalized spacial score (nSPS) is 11.7. The summed E-state index contributed by atoms with van der Waals surface area (Å²) >= 11 is 1.54. The van der Waals surface area contributed by atoms with Gasteiger partial charge in [-0.25, -0.2) is 0 Å². The molecule has 0 unspecified atom stereocenters. The Balaban J connectivity index is 3.00. The molecule has 2 nitrogen and oxygen atoms in total. The Hall–Kier alpha value is -0.830. The Labute approximate surface area is 95.5 Å². The number of thiophene rings is 1. The van der Waals surface area contributed by atoms with E-state index in [1.165, 1.54) is 4.88 Å². The predicted octanol–water partition coefficient (Wildman–Crippen LogP) is 3.51. The van der Waals surface area contributed by atoms with Gasteiger partial charge in [-0.05, 0) is 12.5 Å². The van der Waals surface area contributed by atoms with Gasteiger partial charge in [0.05, 0.1) is 10.6 Å². The molecule has 0 aliphatic heterocycles. The number of carbonyl (C=O) groups is 1. The van der Waals surface area contributed by atoms with Gasteiger partial charge in [-0.2, -0.15) is 0 Å². The van der Waals surface area contributed by atoms with Crippen LogP contribution in [0.25, 0.3) is 0 Å². The van der Waals surface area contributed by atoms with E-state index >= 15 is 0 Å². The summed E-state index contributed by atoms with van der Waals surface area (Å²) in [6.07, 6.45) is 2.09. The second kappa shape index (κ2) is 4.35. The molecular weight excluding hydrogens is 206 g/mol. The maximum Gasteiger partial charge on any atom is 0.171 e. The summed E-state index contributed by atoms with van der Waals surface area (Å²) in [7, 11) is 0. The van der Waals surface area contributed by atoms with E-state index in [1.807, 2.05) is 26.8 Å². The van der Waals surface area contributed by atoms with Crippen LogP contribution in [0.3, 0.4) is 0 Å². The SMILES string of the molecule is CCCc1cc(C(=O)C(C)(C)C)c(N)s1. The van der Waals surface area contributed by atoms with E-state index in [1.54, 1.807) is 11.3 Å². The Morgan fingerprint density at radius 2 is 2.07 bits per heavy atom. The molecule has 0 bridgehead atoms. The maximum atomic E-state index is 12.0. The summed E-state index contributed by atoms with van der Waals surface area (Å²) in [6.45, 7) is 7.89.